The van der Waals surface area contributed by atoms with E-state index < -0.39 is 30.1 Å². The highest BCUT2D eigenvalue weighted by molar-refractivity contribution is 5.85. The zero-order valence-electron chi connectivity index (χ0n) is 10.0. The van der Waals surface area contributed by atoms with E-state index in [1.54, 1.807) is 6.92 Å². The summed E-state index contributed by atoms with van der Waals surface area (Å²) in [5.74, 6) is -2.38. The van der Waals surface area contributed by atoms with Gasteiger partial charge in [-0.1, -0.05) is 13.3 Å². The molecule has 0 aromatic heterocycles. The van der Waals surface area contributed by atoms with Crippen LogP contribution in [0.2, 0.25) is 0 Å². The Morgan fingerprint density at radius 3 is 1.94 bits per heavy atom. The smallest absolute Gasteiger partial charge is 0.303 e. The van der Waals surface area contributed by atoms with Gasteiger partial charge < -0.3 is 5.32 Å². The maximum Gasteiger partial charge on any atom is 0.450 e. The number of Topliss-reactive ketones (excluding diaryl/α,β-unsaturated/α-hetero) is 1. The van der Waals surface area contributed by atoms with Crippen molar-refractivity contribution in [3.05, 3.63) is 0 Å². The molecule has 0 rings (SSSR count). The van der Waals surface area contributed by atoms with Crippen molar-refractivity contribution in [3.63, 3.8) is 0 Å². The average Bonchev–Trinajstić information content (AvgIpc) is 2.14. The molecule has 1 N–H and O–H groups in total. The first-order valence-electron chi connectivity index (χ1n) is 5.36. The van der Waals surface area contributed by atoms with Crippen molar-refractivity contribution in [1.29, 1.82) is 0 Å². The van der Waals surface area contributed by atoms with Crippen LogP contribution in [0, 0.1) is 0 Å². The fraction of sp³-hybridized carbons (Fsp3) is 0.900. The lowest BCUT2D eigenvalue weighted by molar-refractivity contribution is -0.204. The molecule has 0 spiro atoms. The Hall–Kier alpha value is -0.790. The van der Waals surface area contributed by atoms with Crippen molar-refractivity contribution in [2.45, 2.75) is 51.0 Å². The molecule has 8 heteroatoms. The maximum atomic E-state index is 12.7. The Bertz CT molecular complexity index is 285. The van der Waals surface area contributed by atoms with Gasteiger partial charge in [0, 0.05) is 6.42 Å². The van der Waals surface area contributed by atoms with Gasteiger partial charge in [-0.3, -0.25) is 4.79 Å². The highest BCUT2D eigenvalue weighted by Crippen LogP contribution is 2.35. The zero-order valence-corrected chi connectivity index (χ0v) is 10.0. The van der Waals surface area contributed by atoms with Gasteiger partial charge in [-0.05, 0) is 19.9 Å². The molecular formula is C10H15F6NO. The van der Waals surface area contributed by atoms with E-state index in [4.69, 9.17) is 0 Å². The molecule has 0 aliphatic heterocycles. The van der Waals surface area contributed by atoms with Gasteiger partial charge in [0.2, 0.25) is 5.78 Å². The van der Waals surface area contributed by atoms with Crippen molar-refractivity contribution in [2.24, 2.45) is 0 Å². The third-order valence-electron chi connectivity index (χ3n) is 2.50. The Labute approximate surface area is 101 Å². The van der Waals surface area contributed by atoms with Gasteiger partial charge in [-0.2, -0.15) is 26.3 Å². The summed E-state index contributed by atoms with van der Waals surface area (Å²) in [6.07, 6.45) is -10.9. The van der Waals surface area contributed by atoms with E-state index in [0.29, 0.717) is 19.8 Å². The van der Waals surface area contributed by atoms with Gasteiger partial charge in [0.05, 0.1) is 0 Å². The first-order chi connectivity index (χ1) is 7.94. The first-order valence-corrected chi connectivity index (χ1v) is 5.36. The lowest BCUT2D eigenvalue weighted by Crippen LogP contribution is -2.57. The summed E-state index contributed by atoms with van der Waals surface area (Å²) in [5.41, 5.74) is -2.85. The molecule has 0 unspecified atom stereocenters. The number of nitrogens with one attached hydrogen (secondary N) is 1. The molecule has 0 radical (unpaired) electrons. The molecule has 2 nitrogen and oxygen atoms in total. The molecule has 1 atom stereocenters. The Balaban J connectivity index is 4.84. The van der Waals surface area contributed by atoms with E-state index in [0.717, 1.165) is 0 Å². The molecule has 0 fully saturated rings. The van der Waals surface area contributed by atoms with Gasteiger partial charge in [0.15, 0.2) is 0 Å². The van der Waals surface area contributed by atoms with E-state index in [-0.39, 0.29) is 6.54 Å². The van der Waals surface area contributed by atoms with Crippen LogP contribution in [-0.2, 0) is 4.79 Å². The maximum absolute atomic E-state index is 12.7. The zero-order chi connectivity index (χ0) is 14.6. The summed E-state index contributed by atoms with van der Waals surface area (Å²) in [6, 6.07) is 0. The third-order valence-corrected chi connectivity index (χ3v) is 2.50. The summed E-state index contributed by atoms with van der Waals surface area (Å²) in [4.78, 5) is 10.7. The molecule has 0 heterocycles. The fourth-order valence-corrected chi connectivity index (χ4v) is 1.23. The highest BCUT2D eigenvalue weighted by Gasteiger charge is 2.55. The lowest BCUT2D eigenvalue weighted by Gasteiger charge is -2.32. The number of rotatable bonds is 6. The second kappa shape index (κ2) is 5.90. The predicted molar refractivity (Wildman–Crippen MR) is 53.0 cm³/mol. The number of ketones is 1. The van der Waals surface area contributed by atoms with Gasteiger partial charge >= 0.3 is 12.4 Å². The van der Waals surface area contributed by atoms with Crippen molar-refractivity contribution in [2.75, 3.05) is 6.54 Å². The second-order valence-corrected chi connectivity index (χ2v) is 4.21. The number of alkyl halides is 6. The molecule has 0 aromatic carbocycles. The van der Waals surface area contributed by atoms with Crippen molar-refractivity contribution >= 4 is 5.78 Å². The third kappa shape index (κ3) is 4.83. The van der Waals surface area contributed by atoms with E-state index in [9.17, 15) is 31.1 Å². The van der Waals surface area contributed by atoms with Gasteiger partial charge in [0.1, 0.15) is 5.54 Å². The van der Waals surface area contributed by atoms with Gasteiger partial charge in [-0.25, -0.2) is 0 Å². The van der Waals surface area contributed by atoms with Crippen LogP contribution < -0.4 is 5.32 Å². The monoisotopic (exact) mass is 279 g/mol. The SMILES string of the molecule is CCCCN[C@](C)(CC(=O)C(F)(F)F)C(F)(F)F. The predicted octanol–water partition coefficient (Wildman–Crippen LogP) is 3.22. The molecule has 0 bridgehead atoms. The second-order valence-electron chi connectivity index (χ2n) is 4.21. The summed E-state index contributed by atoms with van der Waals surface area (Å²) < 4.78 is 74.1. The van der Waals surface area contributed by atoms with Crippen LogP contribution in [0.5, 0.6) is 0 Å². The fourth-order valence-electron chi connectivity index (χ4n) is 1.23. The van der Waals surface area contributed by atoms with Crippen molar-refractivity contribution < 1.29 is 31.1 Å². The van der Waals surface area contributed by atoms with Crippen molar-refractivity contribution in [3.8, 4) is 0 Å². The Morgan fingerprint density at radius 2 is 1.61 bits per heavy atom. The minimum absolute atomic E-state index is 0.0996. The molecule has 18 heavy (non-hydrogen) atoms. The summed E-state index contributed by atoms with van der Waals surface area (Å²) in [6.45, 7) is 2.19. The number of halogens is 6. The van der Waals surface area contributed by atoms with E-state index in [1.807, 2.05) is 5.32 Å². The average molecular weight is 279 g/mol. The molecule has 0 aliphatic rings. The van der Waals surface area contributed by atoms with Crippen LogP contribution in [0.4, 0.5) is 26.3 Å². The number of carbonyl (C=O) groups excluding carboxylic acids is 1. The van der Waals surface area contributed by atoms with Crippen LogP contribution in [0.3, 0.4) is 0 Å². The molecule has 0 aromatic rings. The highest BCUT2D eigenvalue weighted by atomic mass is 19.4. The molecule has 0 saturated heterocycles. The van der Waals surface area contributed by atoms with Crippen molar-refractivity contribution in [1.82, 2.24) is 5.32 Å². The molecule has 0 aliphatic carbocycles. The van der Waals surface area contributed by atoms with Crippen LogP contribution >= 0.6 is 0 Å². The summed E-state index contributed by atoms with van der Waals surface area (Å²) in [7, 11) is 0. The van der Waals surface area contributed by atoms with Crippen LogP contribution in [0.25, 0.3) is 0 Å². The van der Waals surface area contributed by atoms with E-state index in [1.165, 1.54) is 0 Å². The van der Waals surface area contributed by atoms with E-state index in [2.05, 4.69) is 0 Å². The molecule has 108 valence electrons. The molecular weight excluding hydrogens is 264 g/mol. The Morgan fingerprint density at radius 1 is 1.11 bits per heavy atom. The van der Waals surface area contributed by atoms with Crippen LogP contribution in [0.15, 0.2) is 0 Å². The minimum atomic E-state index is -5.25. The lowest BCUT2D eigenvalue weighted by atomic mass is 9.93. The van der Waals surface area contributed by atoms with Gasteiger partial charge in [0.25, 0.3) is 0 Å². The topological polar surface area (TPSA) is 29.1 Å². The number of hydrogen-bond acceptors (Lipinski definition) is 2. The Kier molecular flexibility index (Phi) is 5.64. The summed E-state index contributed by atoms with van der Waals surface area (Å²) >= 11 is 0. The quantitative estimate of drug-likeness (QED) is 0.597. The van der Waals surface area contributed by atoms with Gasteiger partial charge in [-0.15, -0.1) is 0 Å². The van der Waals surface area contributed by atoms with E-state index >= 15 is 0 Å². The normalized spacial score (nSPS) is 16.4. The first kappa shape index (κ1) is 17.2. The number of unbranched alkanes of at least 4 members (excludes halogenated alkanes) is 1. The largest absolute Gasteiger partial charge is 0.450 e. The number of hydrogen-bond donors (Lipinski definition) is 1. The van der Waals surface area contributed by atoms with Crippen LogP contribution in [-0.4, -0.2) is 30.2 Å². The van der Waals surface area contributed by atoms with Crippen LogP contribution in [0.1, 0.15) is 33.1 Å². The summed E-state index contributed by atoms with van der Waals surface area (Å²) in [5, 5.41) is 1.99. The molecule has 0 amide bonds. The molecule has 0 saturated carbocycles. The minimum Gasteiger partial charge on any atom is -0.303 e. The number of carbonyl (C=O) groups is 1. The standard InChI is InChI=1S/C10H15F6NO/c1-3-4-5-17-8(2,10(14,15)16)6-7(18)9(11,12)13/h17H,3-6H2,1-2H3/t8-/m1/s1.